The van der Waals surface area contributed by atoms with Gasteiger partial charge in [0.15, 0.2) is 0 Å². The second-order valence-electron chi connectivity index (χ2n) is 5.81. The monoisotopic (exact) mass is 389 g/mol. The minimum Gasteiger partial charge on any atom is -0.360 e. The van der Waals surface area contributed by atoms with Gasteiger partial charge < -0.3 is 15.6 Å². The number of hydrogen-bond donors (Lipinski definition) is 2. The average Bonchev–Trinajstić information content (AvgIpc) is 2.93. The summed E-state index contributed by atoms with van der Waals surface area (Å²) in [6, 6.07) is 4.27. The van der Waals surface area contributed by atoms with Crippen molar-refractivity contribution >= 4 is 29.9 Å². The number of rotatable bonds is 6. The molecule has 25 heavy (non-hydrogen) atoms. The van der Waals surface area contributed by atoms with Gasteiger partial charge in [0.1, 0.15) is 22.8 Å². The number of aryl methyl sites for hydroxylation is 1. The van der Waals surface area contributed by atoms with Crippen LogP contribution >= 0.6 is 24.0 Å². The fourth-order valence-corrected chi connectivity index (χ4v) is 2.63. The second-order valence-corrected chi connectivity index (χ2v) is 6.22. The molecule has 2 aromatic rings. The van der Waals surface area contributed by atoms with Gasteiger partial charge in [0.2, 0.25) is 0 Å². The topological polar surface area (TPSA) is 81.1 Å². The van der Waals surface area contributed by atoms with Gasteiger partial charge in [-0.15, -0.1) is 12.4 Å². The highest BCUT2D eigenvalue weighted by atomic mass is 35.5. The molecule has 5 nitrogen and oxygen atoms in total. The zero-order valence-electron chi connectivity index (χ0n) is 14.4. The van der Waals surface area contributed by atoms with E-state index in [1.54, 1.807) is 6.92 Å². The van der Waals surface area contributed by atoms with Crippen LogP contribution in [0.25, 0.3) is 11.3 Å². The third-order valence-electron chi connectivity index (χ3n) is 4.30. The van der Waals surface area contributed by atoms with Crippen LogP contribution in [0.1, 0.15) is 42.8 Å². The molecule has 0 saturated carbocycles. The van der Waals surface area contributed by atoms with Gasteiger partial charge in [-0.2, -0.15) is 0 Å². The lowest BCUT2D eigenvalue weighted by atomic mass is 9.94. The first-order chi connectivity index (χ1) is 11.3. The second kappa shape index (κ2) is 8.65. The number of aromatic nitrogens is 1. The molecule has 0 fully saturated rings. The van der Waals surface area contributed by atoms with E-state index in [1.807, 2.05) is 13.8 Å². The van der Waals surface area contributed by atoms with Crippen molar-refractivity contribution in [1.29, 1.82) is 0 Å². The van der Waals surface area contributed by atoms with Gasteiger partial charge >= 0.3 is 0 Å². The molecular formula is C17H22Cl2FN3O2. The van der Waals surface area contributed by atoms with Crippen LogP contribution in [0.15, 0.2) is 22.7 Å². The molecule has 0 radical (unpaired) electrons. The van der Waals surface area contributed by atoms with Crippen LogP contribution in [0, 0.1) is 12.7 Å². The quantitative estimate of drug-likeness (QED) is 0.778. The van der Waals surface area contributed by atoms with Gasteiger partial charge in [0.25, 0.3) is 5.91 Å². The Morgan fingerprint density at radius 1 is 1.40 bits per heavy atom. The van der Waals surface area contributed by atoms with Crippen molar-refractivity contribution in [2.24, 2.45) is 5.73 Å². The number of amides is 1. The first-order valence-corrected chi connectivity index (χ1v) is 8.18. The summed E-state index contributed by atoms with van der Waals surface area (Å²) in [5, 5.41) is 6.77. The fraction of sp³-hybridized carbons (Fsp3) is 0.412. The molecule has 0 unspecified atom stereocenters. The van der Waals surface area contributed by atoms with Crippen LogP contribution in [0.4, 0.5) is 4.39 Å². The van der Waals surface area contributed by atoms with Crippen molar-refractivity contribution in [2.75, 3.05) is 6.54 Å². The molecule has 1 amide bonds. The number of nitrogens with one attached hydrogen (secondary N) is 1. The highest BCUT2D eigenvalue weighted by Gasteiger charge is 2.27. The summed E-state index contributed by atoms with van der Waals surface area (Å²) < 4.78 is 19.3. The smallest absolute Gasteiger partial charge is 0.257 e. The highest BCUT2D eigenvalue weighted by molar-refractivity contribution is 6.33. The molecule has 2 rings (SSSR count). The molecule has 1 aromatic carbocycles. The third kappa shape index (κ3) is 4.51. The minimum absolute atomic E-state index is 0. The number of halogens is 3. The Hall–Kier alpha value is -1.63. The number of hydrogen-bond acceptors (Lipinski definition) is 4. The van der Waals surface area contributed by atoms with Crippen LogP contribution in [-0.2, 0) is 0 Å². The van der Waals surface area contributed by atoms with Crippen molar-refractivity contribution in [3.63, 3.8) is 0 Å². The van der Waals surface area contributed by atoms with Gasteiger partial charge in [-0.1, -0.05) is 36.7 Å². The molecule has 0 bridgehead atoms. The Bertz CT molecular complexity index is 725. The Morgan fingerprint density at radius 2 is 2.04 bits per heavy atom. The lowest BCUT2D eigenvalue weighted by Gasteiger charge is -2.26. The predicted octanol–water partition coefficient (Wildman–Crippen LogP) is 4.11. The maximum atomic E-state index is 14.2. The number of nitrogens with zero attached hydrogens (tertiary/aromatic N) is 1. The van der Waals surface area contributed by atoms with Gasteiger partial charge in [0, 0.05) is 12.1 Å². The maximum Gasteiger partial charge on any atom is 0.257 e. The molecule has 3 N–H and O–H groups in total. The highest BCUT2D eigenvalue weighted by Crippen LogP contribution is 2.33. The summed E-state index contributed by atoms with van der Waals surface area (Å²) in [6.45, 7) is 5.82. The summed E-state index contributed by atoms with van der Waals surface area (Å²) in [7, 11) is 0. The number of benzene rings is 1. The Morgan fingerprint density at radius 3 is 2.60 bits per heavy atom. The molecular weight excluding hydrogens is 368 g/mol. The predicted molar refractivity (Wildman–Crippen MR) is 98.7 cm³/mol. The van der Waals surface area contributed by atoms with E-state index in [0.29, 0.717) is 6.54 Å². The molecule has 0 aliphatic heterocycles. The van der Waals surface area contributed by atoms with E-state index in [-0.39, 0.29) is 40.0 Å². The van der Waals surface area contributed by atoms with Crippen LogP contribution in [0.5, 0.6) is 0 Å². The van der Waals surface area contributed by atoms with Crippen LogP contribution in [0.3, 0.4) is 0 Å². The largest absolute Gasteiger partial charge is 0.360 e. The Labute approximate surface area is 157 Å². The maximum absolute atomic E-state index is 14.2. The summed E-state index contributed by atoms with van der Waals surface area (Å²) in [5.41, 5.74) is 6.01. The minimum atomic E-state index is -0.569. The van der Waals surface area contributed by atoms with E-state index in [2.05, 4.69) is 10.5 Å². The number of carbonyl (C=O) groups is 1. The van der Waals surface area contributed by atoms with E-state index >= 15 is 0 Å². The molecule has 8 heteroatoms. The summed E-state index contributed by atoms with van der Waals surface area (Å²) >= 11 is 6.07. The van der Waals surface area contributed by atoms with Gasteiger partial charge in [-0.25, -0.2) is 4.39 Å². The molecule has 1 heterocycles. The van der Waals surface area contributed by atoms with E-state index in [9.17, 15) is 9.18 Å². The first kappa shape index (κ1) is 21.4. The van der Waals surface area contributed by atoms with Crippen LogP contribution in [0.2, 0.25) is 5.02 Å². The number of carbonyl (C=O) groups excluding carboxylic acids is 1. The van der Waals surface area contributed by atoms with Crippen molar-refractivity contribution in [3.05, 3.63) is 40.4 Å². The van der Waals surface area contributed by atoms with Crippen molar-refractivity contribution < 1.29 is 13.7 Å². The summed E-state index contributed by atoms with van der Waals surface area (Å²) in [6.07, 6.45) is 1.44. The van der Waals surface area contributed by atoms with Gasteiger partial charge in [-0.3, -0.25) is 4.79 Å². The van der Waals surface area contributed by atoms with Crippen molar-refractivity contribution in [2.45, 2.75) is 39.2 Å². The van der Waals surface area contributed by atoms with Gasteiger partial charge in [-0.05, 0) is 31.9 Å². The van der Waals surface area contributed by atoms with Crippen LogP contribution < -0.4 is 11.1 Å². The van der Waals surface area contributed by atoms with Crippen LogP contribution in [-0.4, -0.2) is 23.1 Å². The van der Waals surface area contributed by atoms with E-state index in [4.69, 9.17) is 21.9 Å². The molecule has 0 atom stereocenters. The molecule has 138 valence electrons. The Kier molecular flexibility index (Phi) is 7.41. The average molecular weight is 390 g/mol. The summed E-state index contributed by atoms with van der Waals surface area (Å²) in [5.74, 6) is -0.697. The molecule has 0 aliphatic carbocycles. The molecule has 0 saturated heterocycles. The fourth-order valence-electron chi connectivity index (χ4n) is 2.38. The lowest BCUT2D eigenvalue weighted by Crippen LogP contribution is -2.49. The van der Waals surface area contributed by atoms with E-state index in [1.165, 1.54) is 18.2 Å². The first-order valence-electron chi connectivity index (χ1n) is 7.80. The van der Waals surface area contributed by atoms with Gasteiger partial charge in [0.05, 0.1) is 10.6 Å². The summed E-state index contributed by atoms with van der Waals surface area (Å²) in [4.78, 5) is 12.6. The molecule has 1 aromatic heterocycles. The molecule has 0 spiro atoms. The third-order valence-corrected chi connectivity index (χ3v) is 4.61. The van der Waals surface area contributed by atoms with Crippen molar-refractivity contribution in [3.8, 4) is 11.3 Å². The van der Waals surface area contributed by atoms with E-state index < -0.39 is 17.3 Å². The normalized spacial score (nSPS) is 11.1. The Balaban J connectivity index is 0.00000312. The number of nitrogens with two attached hydrogens (primary N) is 1. The zero-order valence-corrected chi connectivity index (χ0v) is 15.9. The standard InChI is InChI=1S/C17H21ClFN3O2.ClH/c1-4-17(20,5-2)9-21-16(23)13-10(3)24-22-15(13)14-11(18)7-6-8-12(14)19;/h6-8H,4-5,9,20H2,1-3H3,(H,21,23);1H. The van der Waals surface area contributed by atoms with E-state index in [0.717, 1.165) is 12.8 Å². The zero-order chi connectivity index (χ0) is 17.9. The SMILES string of the molecule is CCC(N)(CC)CNC(=O)c1c(-c2c(F)cccc2Cl)noc1C.Cl. The molecule has 0 aliphatic rings. The van der Waals surface area contributed by atoms with Crippen molar-refractivity contribution in [1.82, 2.24) is 10.5 Å². The lowest BCUT2D eigenvalue weighted by molar-refractivity contribution is 0.0941.